The van der Waals surface area contributed by atoms with Crippen molar-refractivity contribution in [2.24, 2.45) is 5.92 Å². The lowest BCUT2D eigenvalue weighted by Crippen LogP contribution is -2.42. The summed E-state index contributed by atoms with van der Waals surface area (Å²) in [5.74, 6) is -0.339. The largest absolute Gasteiger partial charge is 0.487 e. The number of hydrogen-bond acceptors (Lipinski definition) is 3. The van der Waals surface area contributed by atoms with E-state index < -0.39 is 11.6 Å². The number of amides is 1. The Morgan fingerprint density at radius 1 is 1.15 bits per heavy atom. The molecular weight excluding hydrogens is 362 g/mol. The topological polar surface area (TPSA) is 41.6 Å². The second-order valence-electron chi connectivity index (χ2n) is 7.00. The number of ether oxygens (including phenoxy) is 1. The Morgan fingerprint density at radius 3 is 2.50 bits per heavy atom. The normalized spacial score (nSPS) is 19.1. The number of piperidine rings is 2. The van der Waals surface area contributed by atoms with Crippen molar-refractivity contribution in [3.63, 3.8) is 0 Å². The van der Waals surface area contributed by atoms with Gasteiger partial charge in [0.15, 0.2) is 11.6 Å². The van der Waals surface area contributed by atoms with Crippen LogP contribution in [-0.4, -0.2) is 43.1 Å². The number of benzene rings is 1. The van der Waals surface area contributed by atoms with Crippen LogP contribution in [0.3, 0.4) is 0 Å². The summed E-state index contributed by atoms with van der Waals surface area (Å²) in [4.78, 5) is 14.3. The summed E-state index contributed by atoms with van der Waals surface area (Å²) in [6.07, 6.45) is 5.12. The fourth-order valence-electron chi connectivity index (χ4n) is 3.63. The number of likely N-dealkylation sites (tertiary alicyclic amines) is 1. The minimum Gasteiger partial charge on any atom is -0.487 e. The molecule has 0 atom stereocenters. The van der Waals surface area contributed by atoms with E-state index in [1.165, 1.54) is 12.1 Å². The molecule has 146 valence electrons. The molecule has 2 heterocycles. The number of carbonyl (C=O) groups is 1. The molecule has 1 aromatic carbocycles. The maximum Gasteiger partial charge on any atom is 0.222 e. The zero-order valence-electron chi connectivity index (χ0n) is 14.9. The Labute approximate surface area is 159 Å². The van der Waals surface area contributed by atoms with Gasteiger partial charge in [0, 0.05) is 38.4 Å². The van der Waals surface area contributed by atoms with Gasteiger partial charge in [-0.25, -0.2) is 8.78 Å². The van der Waals surface area contributed by atoms with E-state index in [1.54, 1.807) is 0 Å². The molecule has 0 bridgehead atoms. The molecule has 2 aliphatic heterocycles. The first kappa shape index (κ1) is 20.9. The van der Waals surface area contributed by atoms with E-state index in [0.717, 1.165) is 38.4 Å². The van der Waals surface area contributed by atoms with Crippen LogP contribution in [0.1, 0.15) is 38.5 Å². The van der Waals surface area contributed by atoms with Gasteiger partial charge in [0.25, 0.3) is 0 Å². The molecule has 2 aliphatic rings. The molecule has 1 aromatic rings. The average molecular weight is 389 g/mol. The predicted octanol–water partition coefficient (Wildman–Crippen LogP) is 3.54. The third kappa shape index (κ3) is 5.81. The van der Waals surface area contributed by atoms with Gasteiger partial charge < -0.3 is 15.0 Å². The minimum atomic E-state index is -0.680. The molecule has 0 aromatic heterocycles. The molecule has 0 spiro atoms. The van der Waals surface area contributed by atoms with E-state index in [1.807, 2.05) is 4.90 Å². The van der Waals surface area contributed by atoms with Crippen molar-refractivity contribution in [3.8, 4) is 5.75 Å². The quantitative estimate of drug-likeness (QED) is 0.838. The first-order chi connectivity index (χ1) is 12.1. The van der Waals surface area contributed by atoms with Gasteiger partial charge in [0.05, 0.1) is 0 Å². The van der Waals surface area contributed by atoms with Crippen molar-refractivity contribution in [1.29, 1.82) is 0 Å². The number of rotatable bonds is 5. The monoisotopic (exact) mass is 388 g/mol. The summed E-state index contributed by atoms with van der Waals surface area (Å²) in [5.41, 5.74) is 0. The van der Waals surface area contributed by atoms with Crippen molar-refractivity contribution in [2.75, 3.05) is 26.2 Å². The zero-order valence-corrected chi connectivity index (χ0v) is 15.7. The average Bonchev–Trinajstić information content (AvgIpc) is 2.63. The molecule has 2 fully saturated rings. The number of nitrogens with zero attached hydrogens (tertiary/aromatic N) is 1. The second kappa shape index (κ2) is 10.1. The van der Waals surface area contributed by atoms with Crippen LogP contribution in [-0.2, 0) is 4.79 Å². The Balaban J connectivity index is 0.00000243. The van der Waals surface area contributed by atoms with Crippen LogP contribution in [0.4, 0.5) is 8.78 Å². The molecule has 1 amide bonds. The van der Waals surface area contributed by atoms with E-state index in [0.29, 0.717) is 38.3 Å². The SMILES string of the molecule is Cl.O=C(CCC1CCNCC1)N1CCC(Oc2ccc(F)cc2F)CC1. The summed E-state index contributed by atoms with van der Waals surface area (Å²) in [6.45, 7) is 3.39. The Morgan fingerprint density at radius 2 is 1.85 bits per heavy atom. The molecule has 3 rings (SSSR count). The van der Waals surface area contributed by atoms with Crippen molar-refractivity contribution < 1.29 is 18.3 Å². The lowest BCUT2D eigenvalue weighted by atomic mass is 9.93. The van der Waals surface area contributed by atoms with Gasteiger partial charge in [-0.2, -0.15) is 0 Å². The van der Waals surface area contributed by atoms with Crippen LogP contribution in [0.5, 0.6) is 5.75 Å². The number of carbonyl (C=O) groups excluding carboxylic acids is 1. The molecule has 7 heteroatoms. The van der Waals surface area contributed by atoms with Crippen LogP contribution in [0, 0.1) is 17.6 Å². The van der Waals surface area contributed by atoms with Crippen LogP contribution < -0.4 is 10.1 Å². The number of hydrogen-bond donors (Lipinski definition) is 1. The fraction of sp³-hybridized carbons (Fsp3) is 0.632. The molecule has 2 saturated heterocycles. The highest BCUT2D eigenvalue weighted by atomic mass is 35.5. The molecule has 1 N–H and O–H groups in total. The number of halogens is 3. The van der Waals surface area contributed by atoms with E-state index in [2.05, 4.69) is 5.32 Å². The summed E-state index contributed by atoms with van der Waals surface area (Å²) >= 11 is 0. The van der Waals surface area contributed by atoms with Crippen LogP contribution in [0.25, 0.3) is 0 Å². The second-order valence-corrected chi connectivity index (χ2v) is 7.00. The summed E-state index contributed by atoms with van der Waals surface area (Å²) in [6, 6.07) is 3.34. The molecule has 0 radical (unpaired) electrons. The molecule has 0 saturated carbocycles. The van der Waals surface area contributed by atoms with Gasteiger partial charge in [-0.15, -0.1) is 12.4 Å². The zero-order chi connectivity index (χ0) is 17.6. The van der Waals surface area contributed by atoms with E-state index in [9.17, 15) is 13.6 Å². The summed E-state index contributed by atoms with van der Waals surface area (Å²) in [5, 5.41) is 3.34. The number of nitrogens with one attached hydrogen (secondary N) is 1. The summed E-state index contributed by atoms with van der Waals surface area (Å²) < 4.78 is 32.2. The third-order valence-electron chi connectivity index (χ3n) is 5.21. The molecule has 0 unspecified atom stereocenters. The third-order valence-corrected chi connectivity index (χ3v) is 5.21. The van der Waals surface area contributed by atoms with Crippen LogP contribution in [0.2, 0.25) is 0 Å². The van der Waals surface area contributed by atoms with Crippen molar-refractivity contribution in [1.82, 2.24) is 10.2 Å². The lowest BCUT2D eigenvalue weighted by Gasteiger charge is -2.33. The lowest BCUT2D eigenvalue weighted by molar-refractivity contribution is -0.133. The van der Waals surface area contributed by atoms with Crippen LogP contribution in [0.15, 0.2) is 18.2 Å². The standard InChI is InChI=1S/C19H26F2N2O2.ClH/c20-15-2-3-18(17(21)13-15)25-16-7-11-23(12-8-16)19(24)4-1-14-5-9-22-10-6-14;/h2-3,13-14,16,22H,1,4-12H2;1H. The van der Waals surface area contributed by atoms with Gasteiger partial charge in [-0.1, -0.05) is 0 Å². The molecule has 4 nitrogen and oxygen atoms in total. The molecular formula is C19H27ClF2N2O2. The van der Waals surface area contributed by atoms with Crippen molar-refractivity contribution in [2.45, 2.75) is 44.6 Å². The molecule has 0 aliphatic carbocycles. The van der Waals surface area contributed by atoms with Crippen LogP contribution >= 0.6 is 12.4 Å². The van der Waals surface area contributed by atoms with Gasteiger partial charge in [-0.05, 0) is 50.4 Å². The van der Waals surface area contributed by atoms with Gasteiger partial charge >= 0.3 is 0 Å². The van der Waals surface area contributed by atoms with E-state index >= 15 is 0 Å². The maximum absolute atomic E-state index is 13.7. The smallest absolute Gasteiger partial charge is 0.222 e. The molecule has 26 heavy (non-hydrogen) atoms. The Kier molecular flexibility index (Phi) is 8.10. The minimum absolute atomic E-state index is 0. The predicted molar refractivity (Wildman–Crippen MR) is 98.7 cm³/mol. The maximum atomic E-state index is 13.7. The van der Waals surface area contributed by atoms with E-state index in [-0.39, 0.29) is 30.2 Å². The Bertz CT molecular complexity index is 589. The van der Waals surface area contributed by atoms with Crippen molar-refractivity contribution >= 4 is 18.3 Å². The van der Waals surface area contributed by atoms with Gasteiger partial charge in [0.2, 0.25) is 5.91 Å². The highest BCUT2D eigenvalue weighted by molar-refractivity contribution is 5.85. The Hall–Kier alpha value is -1.40. The highest BCUT2D eigenvalue weighted by Crippen LogP contribution is 2.24. The van der Waals surface area contributed by atoms with Gasteiger partial charge in [0.1, 0.15) is 11.9 Å². The van der Waals surface area contributed by atoms with Crippen molar-refractivity contribution in [3.05, 3.63) is 29.8 Å². The van der Waals surface area contributed by atoms with Gasteiger partial charge in [-0.3, -0.25) is 4.79 Å². The first-order valence-corrected chi connectivity index (χ1v) is 9.22. The summed E-state index contributed by atoms with van der Waals surface area (Å²) in [7, 11) is 0. The highest BCUT2D eigenvalue weighted by Gasteiger charge is 2.25. The first-order valence-electron chi connectivity index (χ1n) is 9.22. The van der Waals surface area contributed by atoms with E-state index in [4.69, 9.17) is 4.74 Å². The fourth-order valence-corrected chi connectivity index (χ4v) is 3.63.